The van der Waals surface area contributed by atoms with Crippen LogP contribution in [-0.2, 0) is 84.7 Å². The van der Waals surface area contributed by atoms with Crippen LogP contribution in [0.15, 0.2) is 133 Å². The van der Waals surface area contributed by atoms with Gasteiger partial charge >= 0.3 is 17.9 Å². The van der Waals surface area contributed by atoms with Crippen molar-refractivity contribution in [2.24, 2.45) is 5.73 Å². The molecule has 2 fully saturated rings. The minimum atomic E-state index is -1.22. The average Bonchev–Trinajstić information content (AvgIpc) is 1.71. The first-order valence-electron chi connectivity index (χ1n) is 36.0. The summed E-state index contributed by atoms with van der Waals surface area (Å²) in [6.45, 7) is 27.0. The number of anilines is 5. The summed E-state index contributed by atoms with van der Waals surface area (Å²) >= 11 is 8.60. The molecule has 13 rings (SSSR count). The molecule has 2 aliphatic carbocycles. The van der Waals surface area contributed by atoms with Crippen LogP contribution in [0.3, 0.4) is 0 Å². The first-order chi connectivity index (χ1) is 58.6. The smallest absolute Gasteiger partial charge is 0.326 e. The van der Waals surface area contributed by atoms with Gasteiger partial charge in [-0.15, -0.1) is 40.8 Å². The van der Waals surface area contributed by atoms with E-state index in [9.17, 15) is 43.2 Å². The highest BCUT2D eigenvalue weighted by atomic mass is 79.9. The largest absolute Gasteiger partial charge is 0.469 e. The van der Waals surface area contributed by atoms with Crippen LogP contribution in [0.5, 0.6) is 0 Å². The molecule has 43 heteroatoms. The van der Waals surface area contributed by atoms with E-state index in [-0.39, 0.29) is 96.6 Å². The third-order valence-electron chi connectivity index (χ3n) is 17.3. The second kappa shape index (κ2) is 46.4. The lowest BCUT2D eigenvalue weighted by Gasteiger charge is -2.25. The Hall–Kier alpha value is -14.6. The summed E-state index contributed by atoms with van der Waals surface area (Å²) in [5, 5.41) is 61.6. The molecule has 11 heterocycles. The fourth-order valence-electron chi connectivity index (χ4n) is 11.4. The number of amides is 6. The molecule has 38 nitrogen and oxygen atoms in total. The van der Waals surface area contributed by atoms with Gasteiger partial charge in [0.1, 0.15) is 30.7 Å². The molecule has 0 saturated heterocycles. The Labute approximate surface area is 714 Å². The van der Waals surface area contributed by atoms with Gasteiger partial charge in [-0.25, -0.2) is 19.4 Å². The molecule has 6 amide bonds. The van der Waals surface area contributed by atoms with Crippen LogP contribution in [0.1, 0.15) is 151 Å². The quantitative estimate of drug-likeness (QED) is 0.00817. The van der Waals surface area contributed by atoms with E-state index in [4.69, 9.17) is 37.3 Å². The number of esters is 3. The van der Waals surface area contributed by atoms with Crippen LogP contribution < -0.4 is 32.3 Å². The predicted octanol–water partition coefficient (Wildman–Crippen LogP) is 11.9. The zero-order valence-electron chi connectivity index (χ0n) is 64.2. The van der Waals surface area contributed by atoms with Crippen molar-refractivity contribution in [3.63, 3.8) is 0 Å². The number of rotatable bonds is 24. The van der Waals surface area contributed by atoms with Gasteiger partial charge in [-0.2, -0.15) is 5.26 Å². The number of halogens is 1. The van der Waals surface area contributed by atoms with Crippen molar-refractivity contribution >= 4 is 164 Å². The molecule has 2 aliphatic rings. The Morgan fingerprint density at radius 2 is 0.835 bits per heavy atom. The van der Waals surface area contributed by atoms with Gasteiger partial charge in [-0.05, 0) is 103 Å². The second-order valence-electron chi connectivity index (χ2n) is 25.6. The van der Waals surface area contributed by atoms with E-state index in [1.807, 2.05) is 6.07 Å². The summed E-state index contributed by atoms with van der Waals surface area (Å²) in [5.41, 5.74) is 11.3. The fourth-order valence-corrected chi connectivity index (χ4v) is 15.2. The minimum absolute atomic E-state index is 0.0249. The van der Waals surface area contributed by atoms with E-state index in [1.54, 1.807) is 66.7 Å². The number of nitrogens with two attached hydrogens (primary N) is 1. The molecule has 0 radical (unpaired) electrons. The molecular weight excluding hydrogens is 1700 g/mol. The summed E-state index contributed by atoms with van der Waals surface area (Å²) in [6, 6.07) is 24.7. The van der Waals surface area contributed by atoms with Gasteiger partial charge in [0.2, 0.25) is 79.2 Å². The Balaban J connectivity index is 0.000000192. The number of methoxy groups -OCH3 is 3. The Kier molecular flexibility index (Phi) is 34.7. The normalized spacial score (nSPS) is 14.0. The highest BCUT2D eigenvalue weighted by molar-refractivity contribution is 9.10. The van der Waals surface area contributed by atoms with Gasteiger partial charge in [0.05, 0.1) is 108 Å². The lowest BCUT2D eigenvalue weighted by molar-refractivity contribution is -0.154. The van der Waals surface area contributed by atoms with E-state index in [0.717, 1.165) is 76.0 Å². The van der Waals surface area contributed by atoms with Crippen LogP contribution in [0.2, 0.25) is 0 Å². The monoisotopic (exact) mass is 1770 g/mol. The number of ether oxygens (including phenoxy) is 3. The van der Waals surface area contributed by atoms with Crippen molar-refractivity contribution in [3.8, 4) is 6.07 Å². The zero-order valence-corrected chi connectivity index (χ0v) is 69.1. The van der Waals surface area contributed by atoms with Gasteiger partial charge in [0, 0.05) is 89.3 Å². The Morgan fingerprint density at radius 3 is 1.14 bits per heavy atom. The number of nitriles is 1. The topological polar surface area (TPSA) is 502 Å². The molecule has 0 spiro atoms. The van der Waals surface area contributed by atoms with E-state index in [1.165, 1.54) is 128 Å². The summed E-state index contributed by atoms with van der Waals surface area (Å²) in [4.78, 5) is 146. The summed E-state index contributed by atoms with van der Waals surface area (Å²) in [5.74, 6) is -3.95. The zero-order chi connectivity index (χ0) is 86.6. The number of nitrogens with one attached hydrogen (secondary N) is 5. The molecule has 0 unspecified atom stereocenters. The maximum absolute atomic E-state index is 12.5. The van der Waals surface area contributed by atoms with Crippen LogP contribution in [0, 0.1) is 37.6 Å². The SMILES string of the molecule is NC(=O)c1ccc(CC(=O)Nc2nnc([C@H]3CCC[C@H](c4nnc(NC(=O)Cc5ccc(NC=O)cn5)s4)C3)s2)nc1.[C-]#[N+]c1ccc(Br)nc1.[C-]#[N+]c1ccc(C(C(=O)OC)C(=O)OC)nc1.[C-]#[N+]c1ccc(CC(=O)Nc2nnc([C@H]3CCC[C@H](c4nnc(NC(=O)Cc5ccc(C#N)cn5)s4)C3)s2)nc1.[C-]#[N+]c1ccc(CC(=O)OC)nc1. The van der Waals surface area contributed by atoms with Crippen molar-refractivity contribution in [1.82, 2.24) is 75.7 Å². The molecular formula is C78H69BrN26O12S4. The number of carbonyl (C=O) groups is 9. The van der Waals surface area contributed by atoms with E-state index >= 15 is 0 Å². The molecule has 614 valence electrons. The second-order valence-corrected chi connectivity index (χ2v) is 30.5. The Bertz CT molecular complexity index is 5500. The van der Waals surface area contributed by atoms with Gasteiger partial charge in [-0.1, -0.05) is 94.6 Å². The van der Waals surface area contributed by atoms with Gasteiger partial charge in [0.25, 0.3) is 0 Å². The van der Waals surface area contributed by atoms with Crippen LogP contribution in [0.25, 0.3) is 19.4 Å². The molecule has 7 N–H and O–H groups in total. The molecule has 0 aromatic carbocycles. The Morgan fingerprint density at radius 1 is 0.471 bits per heavy atom. The molecule has 121 heavy (non-hydrogen) atoms. The third kappa shape index (κ3) is 28.7. The molecule has 0 bridgehead atoms. The first kappa shape index (κ1) is 90.4. The standard InChI is InChI=1S/C26H26N10O4S2.C26H22N10O2S2.C11H10N2O4.C9H8N2O2.C6H3BrN2/c27-22(40)16-4-5-17(28-11-16)9-20(38)31-25-35-33-23(41-25)14-2-1-3-15(8-14)24-34-36-26(42-24)32-21(39)10-18-6-7-19(12-29-18)30-13-37;1-28-20-8-7-19(30-14-20)11-22(38)32-26-36-34-24(40-26)17-4-2-3-16(9-17)23-33-35-25(39-23)31-21(37)10-18-6-5-15(12-27)13-29-18;1-12-7-4-5-8(13-6-7)9(10(14)16-2)11(15)17-3;1-10-8-4-3-7(11-6-8)5-9(12)13-2;1-8-5-2-3-6(7)9-4-5/h4-7,11-15H,1-3,8-10H2,(H2,27,40)(H,30,37)(H,31,35,38)(H,32,36,39);5-8,13-14,16-17H,2-4,9-11H2,(H,31,35,37)(H,32,36,38);4-6,9H,2-3H3;3-4,6H,5H2,2H3;2-4H/t14-,15-;16-,17-;;;/m00.../s1. The molecule has 4 atom stereocenters. The van der Waals surface area contributed by atoms with Crippen LogP contribution >= 0.6 is 61.3 Å². The first-order valence-corrected chi connectivity index (χ1v) is 40.1. The van der Waals surface area contributed by atoms with Crippen molar-refractivity contribution < 1.29 is 57.4 Å². The maximum Gasteiger partial charge on any atom is 0.326 e. The number of pyridine rings is 7. The number of hydrogen-bond acceptors (Lipinski definition) is 32. The van der Waals surface area contributed by atoms with Crippen LogP contribution in [-0.4, -0.2) is 151 Å². The number of carbonyl (C=O) groups excluding carboxylic acids is 9. The third-order valence-corrected chi connectivity index (χ3v) is 21.8. The predicted molar refractivity (Wildman–Crippen MR) is 445 cm³/mol. The van der Waals surface area contributed by atoms with Crippen molar-refractivity contribution in [3.05, 3.63) is 244 Å². The summed E-state index contributed by atoms with van der Waals surface area (Å²) in [6.07, 6.45) is 18.4. The fraction of sp³-hybridized carbons (Fsp3) is 0.269. The average molecular weight is 1770 g/mol. The van der Waals surface area contributed by atoms with Crippen molar-refractivity contribution in [2.75, 3.05) is 47.9 Å². The molecule has 0 aliphatic heterocycles. The highest BCUT2D eigenvalue weighted by Crippen LogP contribution is 2.45. The number of primary amides is 1. The maximum atomic E-state index is 12.5. The highest BCUT2D eigenvalue weighted by Gasteiger charge is 2.34. The lowest BCUT2D eigenvalue weighted by atomic mass is 9.82. The van der Waals surface area contributed by atoms with Crippen LogP contribution in [0.4, 0.5) is 49.0 Å². The van der Waals surface area contributed by atoms with Crippen molar-refractivity contribution in [1.29, 1.82) is 5.26 Å². The molecule has 2 saturated carbocycles. The van der Waals surface area contributed by atoms with E-state index in [2.05, 4.69) is 152 Å². The van der Waals surface area contributed by atoms with Gasteiger partial charge in [0.15, 0.2) is 5.92 Å². The van der Waals surface area contributed by atoms with Gasteiger partial charge < -0.3 is 46.5 Å². The number of aromatic nitrogens is 15. The molecule has 11 aromatic heterocycles. The molecule has 11 aromatic rings. The van der Waals surface area contributed by atoms with E-state index < -0.39 is 23.8 Å². The summed E-state index contributed by atoms with van der Waals surface area (Å²) < 4.78 is 14.2. The van der Waals surface area contributed by atoms with Crippen molar-refractivity contribution in [2.45, 2.75) is 113 Å². The van der Waals surface area contributed by atoms with E-state index in [0.29, 0.717) is 89.4 Å². The van der Waals surface area contributed by atoms with Gasteiger partial charge in [-0.3, -0.25) is 78.0 Å². The lowest BCUT2D eigenvalue weighted by Crippen LogP contribution is -2.25. The summed E-state index contributed by atoms with van der Waals surface area (Å²) in [7, 11) is 3.67. The number of nitrogens with zero attached hydrogens (tertiary/aromatic N) is 20. The minimum Gasteiger partial charge on any atom is -0.469 e. The number of hydrogen-bond donors (Lipinski definition) is 6.